The van der Waals surface area contributed by atoms with Crippen LogP contribution in [-0.2, 0) is 17.8 Å². The van der Waals surface area contributed by atoms with Crippen molar-refractivity contribution >= 4 is 11.8 Å². The lowest BCUT2D eigenvalue weighted by molar-refractivity contribution is -0.192. The first kappa shape index (κ1) is 22.1. The molecule has 164 valence electrons. The molecule has 31 heavy (non-hydrogen) atoms. The fourth-order valence-corrected chi connectivity index (χ4v) is 2.91. The fraction of sp³-hybridized carbons (Fsp3) is 0.333. The maximum atomic E-state index is 11.4. The van der Waals surface area contributed by atoms with Gasteiger partial charge in [-0.15, -0.1) is 0 Å². The van der Waals surface area contributed by atoms with Gasteiger partial charge in [-0.25, -0.2) is 4.79 Å². The summed E-state index contributed by atoms with van der Waals surface area (Å²) >= 11 is 0. The minimum absolute atomic E-state index is 0.123. The molecule has 1 aliphatic heterocycles. The van der Waals surface area contributed by atoms with Crippen LogP contribution in [0.15, 0.2) is 16.8 Å². The number of pyridine rings is 1. The average Bonchev–Trinajstić information content (AvgIpc) is 3.37. The molecule has 0 aliphatic carbocycles. The zero-order valence-electron chi connectivity index (χ0n) is 16.4. The number of nitrogens with zero attached hydrogens (tertiary/aromatic N) is 4. The number of nitrogens with one attached hydrogen (secondary N) is 2. The fourth-order valence-electron chi connectivity index (χ4n) is 2.91. The summed E-state index contributed by atoms with van der Waals surface area (Å²) in [6.45, 7) is 5.11. The van der Waals surface area contributed by atoms with Crippen molar-refractivity contribution in [2.24, 2.45) is 0 Å². The molecule has 10 nitrogen and oxygen atoms in total. The Morgan fingerprint density at radius 2 is 2.00 bits per heavy atom. The molecule has 0 radical (unpaired) electrons. The standard InChI is InChI=1S/C16H16N6O2.C2HF3O2/c1-8-14(11-3-4-17-6-10(11)7-18-8)15-19-16(24-22-15)13-5-12(9(2)23)20-21-13;3-2(4,5)1(6)7/h5,7,17H,3-4,6H2,1-2H3,(H,20,21);(H,6,7). The van der Waals surface area contributed by atoms with E-state index in [0.29, 0.717) is 23.1 Å². The molecule has 4 rings (SSSR count). The number of fused-ring (bicyclic) bond motifs is 1. The van der Waals surface area contributed by atoms with Crippen LogP contribution in [0, 0.1) is 6.92 Å². The number of aromatic nitrogens is 5. The Balaban J connectivity index is 0.000000339. The quantitative estimate of drug-likeness (QED) is 0.524. The predicted octanol–water partition coefficient (Wildman–Crippen LogP) is 2.31. The van der Waals surface area contributed by atoms with E-state index in [4.69, 9.17) is 14.4 Å². The highest BCUT2D eigenvalue weighted by Crippen LogP contribution is 2.30. The Bertz CT molecular complexity index is 1120. The number of aryl methyl sites for hydroxylation is 1. The molecule has 13 heteroatoms. The average molecular weight is 438 g/mol. The first-order chi connectivity index (χ1) is 14.6. The Labute approximate surface area is 172 Å². The van der Waals surface area contributed by atoms with Gasteiger partial charge in [0, 0.05) is 30.9 Å². The molecule has 3 N–H and O–H groups in total. The SMILES string of the molecule is CC(=O)c1cc(-c2nc(-c3c(C)ncc4c3CCNC4)no2)[nH]n1.O=C(O)C(F)(F)F. The second kappa shape index (κ2) is 8.63. The Morgan fingerprint density at radius 3 is 2.61 bits per heavy atom. The van der Waals surface area contributed by atoms with Crippen LogP contribution in [0.25, 0.3) is 23.0 Å². The minimum Gasteiger partial charge on any atom is -0.475 e. The highest BCUT2D eigenvalue weighted by atomic mass is 19.4. The highest BCUT2D eigenvalue weighted by Gasteiger charge is 2.38. The number of halogens is 3. The van der Waals surface area contributed by atoms with Crippen molar-refractivity contribution in [3.05, 3.63) is 34.8 Å². The van der Waals surface area contributed by atoms with E-state index in [9.17, 15) is 18.0 Å². The normalized spacial score (nSPS) is 13.2. The summed E-state index contributed by atoms with van der Waals surface area (Å²) in [5.41, 5.74) is 5.03. The van der Waals surface area contributed by atoms with E-state index < -0.39 is 12.1 Å². The maximum Gasteiger partial charge on any atom is 0.490 e. The molecule has 1 aliphatic rings. The first-order valence-electron chi connectivity index (χ1n) is 8.97. The lowest BCUT2D eigenvalue weighted by Crippen LogP contribution is -2.24. The smallest absolute Gasteiger partial charge is 0.475 e. The van der Waals surface area contributed by atoms with Gasteiger partial charge in [0.25, 0.3) is 5.89 Å². The highest BCUT2D eigenvalue weighted by molar-refractivity contribution is 5.92. The number of aromatic amines is 1. The van der Waals surface area contributed by atoms with Gasteiger partial charge in [0.2, 0.25) is 5.82 Å². The third kappa shape index (κ3) is 4.94. The Hall–Kier alpha value is -3.61. The summed E-state index contributed by atoms with van der Waals surface area (Å²) in [6, 6.07) is 1.61. The number of carbonyl (C=O) groups excluding carboxylic acids is 1. The zero-order chi connectivity index (χ0) is 22.8. The number of ketones is 1. The monoisotopic (exact) mass is 438 g/mol. The van der Waals surface area contributed by atoms with Gasteiger partial charge in [0.05, 0.1) is 0 Å². The molecule has 0 atom stereocenters. The van der Waals surface area contributed by atoms with Gasteiger partial charge in [0.1, 0.15) is 11.4 Å². The number of alkyl halides is 3. The third-order valence-electron chi connectivity index (χ3n) is 4.39. The van der Waals surface area contributed by atoms with Gasteiger partial charge >= 0.3 is 12.1 Å². The predicted molar refractivity (Wildman–Crippen MR) is 99.0 cm³/mol. The molecule has 4 heterocycles. The minimum atomic E-state index is -5.08. The van der Waals surface area contributed by atoms with Crippen molar-refractivity contribution in [2.75, 3.05) is 6.54 Å². The molecule has 0 bridgehead atoms. The van der Waals surface area contributed by atoms with Crippen LogP contribution >= 0.6 is 0 Å². The lowest BCUT2D eigenvalue weighted by atomic mass is 9.95. The molecule has 0 spiro atoms. The van der Waals surface area contributed by atoms with E-state index in [1.165, 1.54) is 12.5 Å². The molecule has 0 unspecified atom stereocenters. The van der Waals surface area contributed by atoms with Crippen LogP contribution in [0.5, 0.6) is 0 Å². The summed E-state index contributed by atoms with van der Waals surface area (Å²) in [6.07, 6.45) is -2.29. The molecule has 3 aromatic heterocycles. The number of carboxylic acids is 1. The van der Waals surface area contributed by atoms with Gasteiger partial charge in [-0.1, -0.05) is 5.16 Å². The van der Waals surface area contributed by atoms with E-state index >= 15 is 0 Å². The summed E-state index contributed by atoms with van der Waals surface area (Å²) in [5.74, 6) is -2.07. The van der Waals surface area contributed by atoms with E-state index in [-0.39, 0.29) is 5.78 Å². The molecule has 0 fully saturated rings. The van der Waals surface area contributed by atoms with E-state index in [2.05, 4.69) is 30.6 Å². The van der Waals surface area contributed by atoms with Crippen molar-refractivity contribution in [3.8, 4) is 23.0 Å². The van der Waals surface area contributed by atoms with Gasteiger partial charge in [-0.3, -0.25) is 14.9 Å². The number of hydrogen-bond donors (Lipinski definition) is 3. The summed E-state index contributed by atoms with van der Waals surface area (Å²) < 4.78 is 37.1. The van der Waals surface area contributed by atoms with Crippen LogP contribution in [0.2, 0.25) is 0 Å². The number of hydrogen-bond acceptors (Lipinski definition) is 8. The van der Waals surface area contributed by atoms with E-state index in [1.54, 1.807) is 6.07 Å². The second-order valence-electron chi connectivity index (χ2n) is 6.60. The van der Waals surface area contributed by atoms with Gasteiger partial charge in [-0.05, 0) is 37.1 Å². The number of rotatable bonds is 3. The van der Waals surface area contributed by atoms with Crippen LogP contribution < -0.4 is 5.32 Å². The molecular formula is C18H17F3N6O4. The molecule has 0 aromatic carbocycles. The van der Waals surface area contributed by atoms with Crippen molar-refractivity contribution in [2.45, 2.75) is 33.0 Å². The Morgan fingerprint density at radius 1 is 1.29 bits per heavy atom. The third-order valence-corrected chi connectivity index (χ3v) is 4.39. The number of H-pyrrole nitrogens is 1. The van der Waals surface area contributed by atoms with Crippen molar-refractivity contribution in [1.29, 1.82) is 0 Å². The molecule has 0 saturated heterocycles. The first-order valence-corrected chi connectivity index (χ1v) is 8.97. The number of carbonyl (C=O) groups is 2. The van der Waals surface area contributed by atoms with Gasteiger partial charge in [-0.2, -0.15) is 23.3 Å². The molecule has 3 aromatic rings. The summed E-state index contributed by atoms with van der Waals surface area (Å²) in [4.78, 5) is 29.2. The topological polar surface area (TPSA) is 147 Å². The number of Topliss-reactive ketones (excluding diaryl/α,β-unsaturated/α-hetero) is 1. The van der Waals surface area contributed by atoms with E-state index in [0.717, 1.165) is 36.3 Å². The van der Waals surface area contributed by atoms with Crippen molar-refractivity contribution in [1.82, 2.24) is 30.6 Å². The van der Waals surface area contributed by atoms with Crippen LogP contribution in [0.4, 0.5) is 13.2 Å². The summed E-state index contributed by atoms with van der Waals surface area (Å²) in [7, 11) is 0. The molecule has 0 saturated carbocycles. The number of aliphatic carboxylic acids is 1. The van der Waals surface area contributed by atoms with Crippen LogP contribution in [0.3, 0.4) is 0 Å². The van der Waals surface area contributed by atoms with Crippen LogP contribution in [-0.4, -0.2) is 54.9 Å². The van der Waals surface area contributed by atoms with Crippen LogP contribution in [0.1, 0.15) is 34.2 Å². The Kier molecular flexibility index (Phi) is 6.15. The van der Waals surface area contributed by atoms with Gasteiger partial charge in [0.15, 0.2) is 5.78 Å². The number of carboxylic acid groups (broad SMARTS) is 1. The summed E-state index contributed by atoms with van der Waals surface area (Å²) in [5, 5.41) is 21.3. The van der Waals surface area contributed by atoms with Crippen molar-refractivity contribution < 1.29 is 32.4 Å². The van der Waals surface area contributed by atoms with Crippen molar-refractivity contribution in [3.63, 3.8) is 0 Å². The van der Waals surface area contributed by atoms with E-state index in [1.807, 2.05) is 13.1 Å². The second-order valence-corrected chi connectivity index (χ2v) is 6.60. The molecular weight excluding hydrogens is 421 g/mol. The maximum absolute atomic E-state index is 11.4. The largest absolute Gasteiger partial charge is 0.490 e. The lowest BCUT2D eigenvalue weighted by Gasteiger charge is -2.19. The zero-order valence-corrected chi connectivity index (χ0v) is 16.4. The molecule has 0 amide bonds. The van der Waals surface area contributed by atoms with Gasteiger partial charge < -0.3 is 14.9 Å².